The Labute approximate surface area is 120 Å². The second kappa shape index (κ2) is 5.54. The molecule has 2 unspecified atom stereocenters. The molecular formula is C16H23N3O. The first-order chi connectivity index (χ1) is 9.65. The van der Waals surface area contributed by atoms with Crippen LogP contribution in [-0.4, -0.2) is 45.3 Å². The minimum atomic E-state index is -0.184. The van der Waals surface area contributed by atoms with E-state index in [1.165, 1.54) is 5.52 Å². The highest BCUT2D eigenvalue weighted by Crippen LogP contribution is 2.20. The number of fused-ring (bicyclic) bond motifs is 1. The van der Waals surface area contributed by atoms with Gasteiger partial charge < -0.3 is 14.6 Å². The molecule has 1 aliphatic rings. The molecule has 1 aromatic carbocycles. The lowest BCUT2D eigenvalue weighted by molar-refractivity contribution is 0.127. The lowest BCUT2D eigenvalue weighted by Crippen LogP contribution is -2.27. The summed E-state index contributed by atoms with van der Waals surface area (Å²) in [5, 5.41) is 9.67. The van der Waals surface area contributed by atoms with Crippen LogP contribution in [0.25, 0.3) is 11.0 Å². The fourth-order valence-corrected chi connectivity index (χ4v) is 3.18. The van der Waals surface area contributed by atoms with E-state index in [0.29, 0.717) is 5.92 Å². The van der Waals surface area contributed by atoms with Gasteiger partial charge in [-0.25, -0.2) is 4.98 Å². The van der Waals surface area contributed by atoms with Gasteiger partial charge in [-0.2, -0.15) is 0 Å². The first-order valence-corrected chi connectivity index (χ1v) is 7.47. The Hall–Kier alpha value is -1.39. The van der Waals surface area contributed by atoms with E-state index in [1.807, 2.05) is 13.0 Å². The number of aliphatic hydroxyl groups excluding tert-OH is 1. The average Bonchev–Trinajstić information content (AvgIpc) is 3.00. The van der Waals surface area contributed by atoms with E-state index in [1.54, 1.807) is 0 Å². The molecule has 1 aromatic heterocycles. The molecule has 1 N–H and O–H groups in total. The smallest absolute Gasteiger partial charge is 0.106 e. The number of nitrogens with zero attached hydrogens (tertiary/aromatic N) is 3. The highest BCUT2D eigenvalue weighted by molar-refractivity contribution is 5.75. The van der Waals surface area contributed by atoms with Gasteiger partial charge in [-0.1, -0.05) is 12.1 Å². The molecule has 1 aliphatic heterocycles. The summed E-state index contributed by atoms with van der Waals surface area (Å²) in [5.74, 6) is 1.52. The van der Waals surface area contributed by atoms with Crippen LogP contribution in [0.3, 0.4) is 0 Å². The summed E-state index contributed by atoms with van der Waals surface area (Å²) in [5.41, 5.74) is 2.30. The van der Waals surface area contributed by atoms with Gasteiger partial charge in [-0.3, -0.25) is 0 Å². The minimum Gasteiger partial charge on any atom is -0.393 e. The zero-order valence-corrected chi connectivity index (χ0v) is 12.3. The Balaban J connectivity index is 1.67. The molecule has 0 spiro atoms. The van der Waals surface area contributed by atoms with E-state index < -0.39 is 0 Å². The highest BCUT2D eigenvalue weighted by Gasteiger charge is 2.25. The molecular weight excluding hydrogens is 250 g/mol. The van der Waals surface area contributed by atoms with Crippen molar-refractivity contribution in [1.29, 1.82) is 0 Å². The SMILES string of the molecule is Cc1nc2ccccc2n1CCN1CCC(C(C)O)C1. The Morgan fingerprint density at radius 2 is 2.15 bits per heavy atom. The fraction of sp³-hybridized carbons (Fsp3) is 0.562. The Kier molecular flexibility index (Phi) is 3.76. The number of aryl methyl sites for hydroxylation is 1. The van der Waals surface area contributed by atoms with Crippen molar-refractivity contribution in [3.05, 3.63) is 30.1 Å². The summed E-state index contributed by atoms with van der Waals surface area (Å²) < 4.78 is 2.30. The predicted molar refractivity (Wildman–Crippen MR) is 80.7 cm³/mol. The van der Waals surface area contributed by atoms with E-state index in [4.69, 9.17) is 0 Å². The third-order valence-electron chi connectivity index (χ3n) is 4.48. The predicted octanol–water partition coefficient (Wildman–Crippen LogP) is 2.05. The van der Waals surface area contributed by atoms with E-state index in [2.05, 4.69) is 39.6 Å². The molecule has 0 radical (unpaired) electrons. The molecule has 0 amide bonds. The molecule has 0 saturated carbocycles. The number of benzene rings is 1. The third kappa shape index (κ3) is 2.58. The Morgan fingerprint density at radius 1 is 1.35 bits per heavy atom. The molecule has 1 saturated heterocycles. The van der Waals surface area contributed by atoms with Crippen molar-refractivity contribution < 1.29 is 5.11 Å². The summed E-state index contributed by atoms with van der Waals surface area (Å²) in [6.07, 6.45) is 0.928. The van der Waals surface area contributed by atoms with Crippen LogP contribution in [0.4, 0.5) is 0 Å². The first-order valence-electron chi connectivity index (χ1n) is 7.47. The molecule has 2 aromatic rings. The molecule has 1 fully saturated rings. The van der Waals surface area contributed by atoms with E-state index in [0.717, 1.165) is 43.9 Å². The van der Waals surface area contributed by atoms with Gasteiger partial charge in [0.1, 0.15) is 5.82 Å². The molecule has 20 heavy (non-hydrogen) atoms. The highest BCUT2D eigenvalue weighted by atomic mass is 16.3. The maximum Gasteiger partial charge on any atom is 0.106 e. The maximum atomic E-state index is 9.67. The van der Waals surface area contributed by atoms with E-state index in [9.17, 15) is 5.11 Å². The van der Waals surface area contributed by atoms with Crippen LogP contribution in [0.5, 0.6) is 0 Å². The molecule has 4 heteroatoms. The normalized spacial score (nSPS) is 21.6. The van der Waals surface area contributed by atoms with Gasteiger partial charge in [0.2, 0.25) is 0 Å². The second-order valence-corrected chi connectivity index (χ2v) is 5.89. The molecule has 0 aliphatic carbocycles. The molecule has 108 valence electrons. The molecule has 3 rings (SSSR count). The van der Waals surface area contributed by atoms with Crippen molar-refractivity contribution in [1.82, 2.24) is 14.5 Å². The zero-order chi connectivity index (χ0) is 14.1. The van der Waals surface area contributed by atoms with Crippen molar-refractivity contribution in [3.63, 3.8) is 0 Å². The molecule has 2 atom stereocenters. The number of aromatic nitrogens is 2. The van der Waals surface area contributed by atoms with Crippen molar-refractivity contribution in [2.24, 2.45) is 5.92 Å². The third-order valence-corrected chi connectivity index (χ3v) is 4.48. The van der Waals surface area contributed by atoms with Crippen LogP contribution < -0.4 is 0 Å². The lowest BCUT2D eigenvalue weighted by Gasteiger charge is -2.18. The number of hydrogen-bond acceptors (Lipinski definition) is 3. The number of para-hydroxylation sites is 2. The van der Waals surface area contributed by atoms with Crippen LogP contribution in [0.1, 0.15) is 19.2 Å². The van der Waals surface area contributed by atoms with Crippen LogP contribution in [0, 0.1) is 12.8 Å². The summed E-state index contributed by atoms with van der Waals surface area (Å²) in [6, 6.07) is 8.31. The van der Waals surface area contributed by atoms with Gasteiger partial charge in [-0.15, -0.1) is 0 Å². The quantitative estimate of drug-likeness (QED) is 0.927. The van der Waals surface area contributed by atoms with Gasteiger partial charge in [0.05, 0.1) is 17.1 Å². The Bertz CT molecular complexity index is 590. The van der Waals surface area contributed by atoms with Crippen molar-refractivity contribution in [2.75, 3.05) is 19.6 Å². The summed E-state index contributed by atoms with van der Waals surface area (Å²) >= 11 is 0. The van der Waals surface area contributed by atoms with Gasteiger partial charge in [-0.05, 0) is 44.9 Å². The summed E-state index contributed by atoms with van der Waals surface area (Å²) in [7, 11) is 0. The van der Waals surface area contributed by atoms with Crippen molar-refractivity contribution in [2.45, 2.75) is 32.9 Å². The topological polar surface area (TPSA) is 41.3 Å². The van der Waals surface area contributed by atoms with E-state index >= 15 is 0 Å². The second-order valence-electron chi connectivity index (χ2n) is 5.89. The lowest BCUT2D eigenvalue weighted by atomic mass is 10.0. The monoisotopic (exact) mass is 273 g/mol. The number of aliphatic hydroxyl groups is 1. The average molecular weight is 273 g/mol. The number of hydrogen-bond donors (Lipinski definition) is 1. The molecule has 0 bridgehead atoms. The fourth-order valence-electron chi connectivity index (χ4n) is 3.18. The van der Waals surface area contributed by atoms with Crippen LogP contribution >= 0.6 is 0 Å². The van der Waals surface area contributed by atoms with Crippen LogP contribution in [0.2, 0.25) is 0 Å². The van der Waals surface area contributed by atoms with Crippen molar-refractivity contribution in [3.8, 4) is 0 Å². The number of imidazole rings is 1. The van der Waals surface area contributed by atoms with Crippen molar-refractivity contribution >= 4 is 11.0 Å². The Morgan fingerprint density at radius 3 is 2.90 bits per heavy atom. The molecule has 4 nitrogen and oxygen atoms in total. The maximum absolute atomic E-state index is 9.67. The standard InChI is InChI=1S/C16H23N3O/c1-12(20)14-7-8-18(11-14)9-10-19-13(2)17-15-5-3-4-6-16(15)19/h3-6,12,14,20H,7-11H2,1-2H3. The summed E-state index contributed by atoms with van der Waals surface area (Å²) in [4.78, 5) is 7.06. The summed E-state index contributed by atoms with van der Waals surface area (Å²) in [6.45, 7) is 8.10. The largest absolute Gasteiger partial charge is 0.393 e. The van der Waals surface area contributed by atoms with Gasteiger partial charge in [0.15, 0.2) is 0 Å². The van der Waals surface area contributed by atoms with Gasteiger partial charge >= 0.3 is 0 Å². The van der Waals surface area contributed by atoms with Crippen LogP contribution in [-0.2, 0) is 6.54 Å². The number of likely N-dealkylation sites (tertiary alicyclic amines) is 1. The van der Waals surface area contributed by atoms with Gasteiger partial charge in [0.25, 0.3) is 0 Å². The number of rotatable bonds is 4. The van der Waals surface area contributed by atoms with E-state index in [-0.39, 0.29) is 6.10 Å². The molecule has 2 heterocycles. The van der Waals surface area contributed by atoms with Crippen LogP contribution in [0.15, 0.2) is 24.3 Å². The van der Waals surface area contributed by atoms with Gasteiger partial charge in [0, 0.05) is 19.6 Å². The zero-order valence-electron chi connectivity index (χ0n) is 12.3. The minimum absolute atomic E-state index is 0.184. The first kappa shape index (κ1) is 13.6.